The maximum Gasteiger partial charge on any atom is 0.0550 e. The summed E-state index contributed by atoms with van der Waals surface area (Å²) in [5.74, 6) is 2.86. The Morgan fingerprint density at radius 2 is 2.00 bits per heavy atom. The molecule has 0 heterocycles. The first-order valence-corrected chi connectivity index (χ1v) is 5.59. The highest BCUT2D eigenvalue weighted by Crippen LogP contribution is 2.15. The van der Waals surface area contributed by atoms with E-state index in [1.54, 1.807) is 6.08 Å². The van der Waals surface area contributed by atoms with E-state index in [-0.39, 0.29) is 0 Å². The average Bonchev–Trinajstić information content (AvgIpc) is 2.29. The van der Waals surface area contributed by atoms with Gasteiger partial charge in [0, 0.05) is 11.4 Å². The largest absolute Gasteiger partial charge is 0.360 e. The minimum atomic E-state index is 0.877. The Hall–Kier alpha value is -1.53. The number of nitrogens with one attached hydrogen (secondary N) is 1. The summed E-state index contributed by atoms with van der Waals surface area (Å²) in [4.78, 5) is 4.27. The number of hydrogen-bond acceptors (Lipinski definition) is 2. The van der Waals surface area contributed by atoms with Gasteiger partial charge in [-0.15, -0.1) is 0 Å². The number of aliphatic imine (C=N–C) groups is 1. The Morgan fingerprint density at radius 1 is 1.38 bits per heavy atom. The highest BCUT2D eigenvalue weighted by Gasteiger charge is 2.03. The minimum absolute atomic E-state index is 0.877. The molecule has 0 aliphatic carbocycles. The van der Waals surface area contributed by atoms with Crippen LogP contribution >= 0.6 is 0 Å². The van der Waals surface area contributed by atoms with E-state index >= 15 is 0 Å². The standard InChI is InChI=1S/C14H22N2/c1-7-10-15-14(9-3)12(5)13(6)16-11(4)8-2/h7-8,16H,6,9H2,1-5H3/b11-8+,14-12-. The van der Waals surface area contributed by atoms with Crippen molar-refractivity contribution in [3.8, 4) is 0 Å². The third-order valence-electron chi connectivity index (χ3n) is 2.33. The number of allylic oxidation sites excluding steroid dienone is 5. The molecule has 2 nitrogen and oxygen atoms in total. The van der Waals surface area contributed by atoms with Gasteiger partial charge in [-0.05, 0) is 51.6 Å². The molecule has 0 atom stereocenters. The minimum Gasteiger partial charge on any atom is -0.360 e. The molecular formula is C14H22N2. The molecule has 0 rings (SSSR count). The first-order chi connectivity index (χ1) is 7.56. The molecular weight excluding hydrogens is 196 g/mol. The van der Waals surface area contributed by atoms with Crippen molar-refractivity contribution in [1.29, 1.82) is 0 Å². The van der Waals surface area contributed by atoms with Gasteiger partial charge in [0.05, 0.1) is 5.70 Å². The summed E-state index contributed by atoms with van der Waals surface area (Å²) < 4.78 is 0. The zero-order valence-electron chi connectivity index (χ0n) is 11.0. The molecule has 0 aliphatic rings. The SMILES string of the molecule is C=C(N/C(C)=C/C)/C(C)=C(/CC)N=C=CC. The van der Waals surface area contributed by atoms with Crippen molar-refractivity contribution >= 4 is 5.87 Å². The number of nitrogens with zero attached hydrogens (tertiary/aromatic N) is 1. The number of hydrogen-bond donors (Lipinski definition) is 1. The number of rotatable bonds is 5. The molecule has 0 radical (unpaired) electrons. The van der Waals surface area contributed by atoms with Crippen LogP contribution in [0, 0.1) is 0 Å². The van der Waals surface area contributed by atoms with E-state index in [9.17, 15) is 0 Å². The third kappa shape index (κ3) is 4.81. The van der Waals surface area contributed by atoms with E-state index in [4.69, 9.17) is 0 Å². The lowest BCUT2D eigenvalue weighted by Crippen LogP contribution is -2.11. The molecule has 0 unspecified atom stereocenters. The van der Waals surface area contributed by atoms with Crippen molar-refractivity contribution in [3.05, 3.63) is 41.4 Å². The Kier molecular flexibility index (Phi) is 6.98. The van der Waals surface area contributed by atoms with Crippen LogP contribution in [0.5, 0.6) is 0 Å². The van der Waals surface area contributed by atoms with Gasteiger partial charge in [0.25, 0.3) is 0 Å². The van der Waals surface area contributed by atoms with Crippen LogP contribution in [0.1, 0.15) is 41.0 Å². The van der Waals surface area contributed by atoms with Gasteiger partial charge in [0.1, 0.15) is 0 Å². The maximum absolute atomic E-state index is 4.27. The van der Waals surface area contributed by atoms with Gasteiger partial charge in [-0.1, -0.05) is 19.6 Å². The Balaban J connectivity index is 4.97. The molecule has 88 valence electrons. The Morgan fingerprint density at radius 3 is 2.44 bits per heavy atom. The van der Waals surface area contributed by atoms with Crippen molar-refractivity contribution in [1.82, 2.24) is 5.32 Å². The monoisotopic (exact) mass is 218 g/mol. The second-order valence-electron chi connectivity index (χ2n) is 3.53. The lowest BCUT2D eigenvalue weighted by Gasteiger charge is -2.12. The van der Waals surface area contributed by atoms with Crippen LogP contribution in [0.2, 0.25) is 0 Å². The highest BCUT2D eigenvalue weighted by atomic mass is 14.9. The van der Waals surface area contributed by atoms with Gasteiger partial charge in [-0.25, -0.2) is 4.99 Å². The van der Waals surface area contributed by atoms with Gasteiger partial charge in [-0.3, -0.25) is 0 Å². The van der Waals surface area contributed by atoms with Crippen LogP contribution in [-0.4, -0.2) is 5.87 Å². The van der Waals surface area contributed by atoms with Crippen LogP contribution < -0.4 is 5.32 Å². The fourth-order valence-corrected chi connectivity index (χ4v) is 1.15. The second kappa shape index (κ2) is 7.72. The van der Waals surface area contributed by atoms with Crippen molar-refractivity contribution in [2.24, 2.45) is 4.99 Å². The molecule has 0 bridgehead atoms. The normalized spacial score (nSPS) is 12.4. The van der Waals surface area contributed by atoms with Crippen LogP contribution in [0.25, 0.3) is 0 Å². The first-order valence-electron chi connectivity index (χ1n) is 5.59. The van der Waals surface area contributed by atoms with E-state index in [1.807, 2.05) is 33.8 Å². The van der Waals surface area contributed by atoms with Crippen LogP contribution in [0.3, 0.4) is 0 Å². The third-order valence-corrected chi connectivity index (χ3v) is 2.33. The molecule has 0 aromatic rings. The van der Waals surface area contributed by atoms with E-state index < -0.39 is 0 Å². The van der Waals surface area contributed by atoms with Gasteiger partial charge >= 0.3 is 0 Å². The van der Waals surface area contributed by atoms with Crippen molar-refractivity contribution in [3.63, 3.8) is 0 Å². The zero-order valence-corrected chi connectivity index (χ0v) is 11.0. The van der Waals surface area contributed by atoms with Crippen molar-refractivity contribution in [2.75, 3.05) is 0 Å². The highest BCUT2D eigenvalue weighted by molar-refractivity contribution is 5.53. The van der Waals surface area contributed by atoms with Crippen molar-refractivity contribution < 1.29 is 0 Å². The van der Waals surface area contributed by atoms with Gasteiger partial charge < -0.3 is 5.32 Å². The molecule has 0 aromatic heterocycles. The van der Waals surface area contributed by atoms with Crippen molar-refractivity contribution in [2.45, 2.75) is 41.0 Å². The van der Waals surface area contributed by atoms with E-state index in [1.165, 1.54) is 0 Å². The molecule has 0 aromatic carbocycles. The van der Waals surface area contributed by atoms with E-state index in [0.717, 1.165) is 29.1 Å². The van der Waals surface area contributed by atoms with Gasteiger partial charge in [-0.2, -0.15) is 0 Å². The smallest absolute Gasteiger partial charge is 0.0550 e. The summed E-state index contributed by atoms with van der Waals surface area (Å²) >= 11 is 0. The molecule has 2 heteroatoms. The van der Waals surface area contributed by atoms with Crippen LogP contribution in [0.4, 0.5) is 0 Å². The van der Waals surface area contributed by atoms with Gasteiger partial charge in [0.15, 0.2) is 0 Å². The molecule has 0 fully saturated rings. The Labute approximate surface area is 99.2 Å². The van der Waals surface area contributed by atoms with E-state index in [2.05, 4.69) is 29.7 Å². The second-order valence-corrected chi connectivity index (χ2v) is 3.53. The summed E-state index contributed by atoms with van der Waals surface area (Å²) in [6, 6.07) is 0. The first kappa shape index (κ1) is 14.5. The fourth-order valence-electron chi connectivity index (χ4n) is 1.15. The lowest BCUT2D eigenvalue weighted by atomic mass is 10.1. The molecule has 1 N–H and O–H groups in total. The lowest BCUT2D eigenvalue weighted by molar-refractivity contribution is 0.943. The zero-order chi connectivity index (χ0) is 12.6. The molecule has 0 spiro atoms. The topological polar surface area (TPSA) is 24.4 Å². The van der Waals surface area contributed by atoms with Crippen LogP contribution in [-0.2, 0) is 0 Å². The average molecular weight is 218 g/mol. The predicted molar refractivity (Wildman–Crippen MR) is 72.4 cm³/mol. The van der Waals surface area contributed by atoms with E-state index in [0.29, 0.717) is 0 Å². The Bertz CT molecular complexity index is 364. The maximum atomic E-state index is 4.27. The molecule has 0 saturated heterocycles. The quantitative estimate of drug-likeness (QED) is 0.548. The summed E-state index contributed by atoms with van der Waals surface area (Å²) in [6.45, 7) is 14.0. The summed E-state index contributed by atoms with van der Waals surface area (Å²) in [6.07, 6.45) is 4.69. The fraction of sp³-hybridized carbons (Fsp3) is 0.429. The summed E-state index contributed by atoms with van der Waals surface area (Å²) in [5.41, 5.74) is 4.08. The summed E-state index contributed by atoms with van der Waals surface area (Å²) in [5, 5.41) is 3.23. The predicted octanol–water partition coefficient (Wildman–Crippen LogP) is 3.94. The van der Waals surface area contributed by atoms with Crippen LogP contribution in [0.15, 0.2) is 46.4 Å². The van der Waals surface area contributed by atoms with Gasteiger partial charge in [0.2, 0.25) is 0 Å². The molecule has 0 saturated carbocycles. The molecule has 0 amide bonds. The molecule has 0 aliphatic heterocycles. The summed E-state index contributed by atoms with van der Waals surface area (Å²) in [7, 11) is 0. The molecule has 16 heavy (non-hydrogen) atoms.